The maximum absolute atomic E-state index is 12.1. The maximum atomic E-state index is 12.1. The Kier molecular flexibility index (Phi) is 8.03. The summed E-state index contributed by atoms with van der Waals surface area (Å²) in [4.78, 5) is 28.0. The first kappa shape index (κ1) is 22.8. The lowest BCUT2D eigenvalue weighted by atomic mass is 10.2. The molecule has 0 aromatic heterocycles. The van der Waals surface area contributed by atoms with Gasteiger partial charge < -0.3 is 15.1 Å². The van der Waals surface area contributed by atoms with Crippen LogP contribution in [-0.2, 0) is 9.59 Å². The fourth-order valence-corrected chi connectivity index (χ4v) is 3.60. The molecule has 1 aliphatic rings. The van der Waals surface area contributed by atoms with Gasteiger partial charge in [0.25, 0.3) is 0 Å². The van der Waals surface area contributed by atoms with Gasteiger partial charge in [-0.3, -0.25) is 14.9 Å². The number of hydrogen-bond acceptors (Lipinski definition) is 4. The predicted octanol–water partition coefficient (Wildman–Crippen LogP) is 3.93. The van der Waals surface area contributed by atoms with E-state index in [4.69, 9.17) is 23.8 Å². The summed E-state index contributed by atoms with van der Waals surface area (Å²) >= 11 is 11.1. The van der Waals surface area contributed by atoms with Crippen LogP contribution in [0.2, 0.25) is 5.02 Å². The van der Waals surface area contributed by atoms with E-state index < -0.39 is 0 Å². The molecule has 162 valence electrons. The summed E-state index contributed by atoms with van der Waals surface area (Å²) in [7, 11) is 0. The molecule has 0 saturated carbocycles. The molecule has 1 heterocycles. The van der Waals surface area contributed by atoms with Crippen LogP contribution in [0, 0.1) is 0 Å². The Morgan fingerprint density at radius 2 is 1.68 bits per heavy atom. The number of amides is 2. The SMILES string of the molecule is CCC(=O)N1CCN(c2ccc(NC(=S)NC(=O)C=Cc3ccc(Cl)cc3)cc2)CC1. The number of halogens is 1. The Morgan fingerprint density at radius 1 is 1.03 bits per heavy atom. The van der Waals surface area contributed by atoms with Gasteiger partial charge in [0.2, 0.25) is 11.8 Å². The van der Waals surface area contributed by atoms with Crippen molar-refractivity contribution in [2.75, 3.05) is 36.4 Å². The van der Waals surface area contributed by atoms with E-state index in [2.05, 4.69) is 15.5 Å². The Hall–Kier alpha value is -2.90. The Balaban J connectivity index is 1.47. The first-order valence-electron chi connectivity index (χ1n) is 10.1. The maximum Gasteiger partial charge on any atom is 0.250 e. The van der Waals surface area contributed by atoms with E-state index in [0.29, 0.717) is 11.4 Å². The van der Waals surface area contributed by atoms with Gasteiger partial charge in [-0.1, -0.05) is 30.7 Å². The van der Waals surface area contributed by atoms with Crippen LogP contribution in [0.5, 0.6) is 0 Å². The number of piperazine rings is 1. The van der Waals surface area contributed by atoms with Crippen LogP contribution < -0.4 is 15.5 Å². The van der Waals surface area contributed by atoms with E-state index in [9.17, 15) is 9.59 Å². The average molecular weight is 457 g/mol. The third-order valence-electron chi connectivity index (χ3n) is 4.96. The van der Waals surface area contributed by atoms with Gasteiger partial charge >= 0.3 is 0 Å². The lowest BCUT2D eigenvalue weighted by Gasteiger charge is -2.36. The standard InChI is InChI=1S/C23H25ClN4O2S/c1-2-22(30)28-15-13-27(14-16-28)20-10-8-19(9-11-20)25-23(31)26-21(29)12-5-17-3-6-18(24)7-4-17/h3-12H,2,13-16H2,1H3,(H2,25,26,29,31). The zero-order valence-electron chi connectivity index (χ0n) is 17.3. The van der Waals surface area contributed by atoms with Crippen molar-refractivity contribution in [2.24, 2.45) is 0 Å². The second-order valence-corrected chi connectivity index (χ2v) is 7.94. The largest absolute Gasteiger partial charge is 0.368 e. The molecule has 3 rings (SSSR count). The highest BCUT2D eigenvalue weighted by Gasteiger charge is 2.20. The first-order chi connectivity index (χ1) is 14.9. The molecule has 0 radical (unpaired) electrons. The summed E-state index contributed by atoms with van der Waals surface area (Å²) in [6.07, 6.45) is 3.66. The summed E-state index contributed by atoms with van der Waals surface area (Å²) < 4.78 is 0. The molecule has 2 aromatic carbocycles. The number of carbonyl (C=O) groups excluding carboxylic acids is 2. The average Bonchev–Trinajstić information content (AvgIpc) is 2.78. The van der Waals surface area contributed by atoms with Gasteiger partial charge in [0.05, 0.1) is 0 Å². The molecule has 0 atom stereocenters. The van der Waals surface area contributed by atoms with Crippen LogP contribution in [0.25, 0.3) is 6.08 Å². The fourth-order valence-electron chi connectivity index (χ4n) is 3.25. The van der Waals surface area contributed by atoms with Crippen molar-refractivity contribution >= 4 is 58.2 Å². The molecular formula is C23H25ClN4O2S. The molecule has 31 heavy (non-hydrogen) atoms. The Bertz CT molecular complexity index is 953. The summed E-state index contributed by atoms with van der Waals surface area (Å²) in [5.74, 6) is -0.110. The van der Waals surface area contributed by atoms with Crippen LogP contribution >= 0.6 is 23.8 Å². The topological polar surface area (TPSA) is 64.7 Å². The normalized spacial score (nSPS) is 13.9. The monoisotopic (exact) mass is 456 g/mol. The molecule has 0 bridgehead atoms. The first-order valence-corrected chi connectivity index (χ1v) is 10.9. The number of hydrogen-bond donors (Lipinski definition) is 2. The van der Waals surface area contributed by atoms with Crippen molar-refractivity contribution in [2.45, 2.75) is 13.3 Å². The van der Waals surface area contributed by atoms with Gasteiger partial charge in [0.1, 0.15) is 0 Å². The molecule has 1 aliphatic heterocycles. The van der Waals surface area contributed by atoms with E-state index in [1.807, 2.05) is 48.2 Å². The quantitative estimate of drug-likeness (QED) is 0.527. The number of rotatable bonds is 5. The second kappa shape index (κ2) is 10.9. The molecule has 2 amide bonds. The van der Waals surface area contributed by atoms with Gasteiger partial charge in [-0.15, -0.1) is 0 Å². The highest BCUT2D eigenvalue weighted by molar-refractivity contribution is 7.80. The Labute approximate surface area is 192 Å². The molecule has 8 heteroatoms. The van der Waals surface area contributed by atoms with Crippen molar-refractivity contribution in [3.05, 3.63) is 65.2 Å². The molecular weight excluding hydrogens is 432 g/mol. The minimum atomic E-state index is -0.316. The highest BCUT2D eigenvalue weighted by Crippen LogP contribution is 2.20. The lowest BCUT2D eigenvalue weighted by molar-refractivity contribution is -0.131. The summed E-state index contributed by atoms with van der Waals surface area (Å²) in [6.45, 7) is 5.00. The van der Waals surface area contributed by atoms with Crippen molar-refractivity contribution < 1.29 is 9.59 Å². The number of benzene rings is 2. The van der Waals surface area contributed by atoms with Crippen LogP contribution in [0.1, 0.15) is 18.9 Å². The lowest BCUT2D eigenvalue weighted by Crippen LogP contribution is -2.48. The predicted molar refractivity (Wildman–Crippen MR) is 130 cm³/mol. The third kappa shape index (κ3) is 6.80. The Morgan fingerprint density at radius 3 is 2.29 bits per heavy atom. The molecule has 1 saturated heterocycles. The fraction of sp³-hybridized carbons (Fsp3) is 0.261. The number of nitrogens with one attached hydrogen (secondary N) is 2. The molecule has 2 N–H and O–H groups in total. The minimum absolute atomic E-state index is 0.206. The van der Waals surface area contributed by atoms with Crippen LogP contribution in [0.15, 0.2) is 54.6 Å². The van der Waals surface area contributed by atoms with Crippen molar-refractivity contribution in [3.8, 4) is 0 Å². The van der Waals surface area contributed by atoms with E-state index in [1.54, 1.807) is 18.2 Å². The van der Waals surface area contributed by atoms with Gasteiger partial charge in [-0.25, -0.2) is 0 Å². The van der Waals surface area contributed by atoms with Crippen molar-refractivity contribution in [1.29, 1.82) is 0 Å². The van der Waals surface area contributed by atoms with E-state index in [0.717, 1.165) is 43.1 Å². The summed E-state index contributed by atoms with van der Waals surface area (Å²) in [6, 6.07) is 15.0. The van der Waals surface area contributed by atoms with Crippen LogP contribution in [0.3, 0.4) is 0 Å². The number of carbonyl (C=O) groups is 2. The molecule has 6 nitrogen and oxygen atoms in total. The molecule has 0 spiro atoms. The van der Waals surface area contributed by atoms with E-state index >= 15 is 0 Å². The third-order valence-corrected chi connectivity index (χ3v) is 5.42. The van der Waals surface area contributed by atoms with Crippen LogP contribution in [-0.4, -0.2) is 48.0 Å². The zero-order valence-corrected chi connectivity index (χ0v) is 18.9. The molecule has 0 aliphatic carbocycles. The van der Waals surface area contributed by atoms with Crippen molar-refractivity contribution in [3.63, 3.8) is 0 Å². The summed E-state index contributed by atoms with van der Waals surface area (Å²) in [5.41, 5.74) is 2.75. The number of thiocarbonyl (C=S) groups is 1. The second-order valence-electron chi connectivity index (χ2n) is 7.10. The number of anilines is 2. The number of nitrogens with zero attached hydrogens (tertiary/aromatic N) is 2. The van der Waals surface area contributed by atoms with E-state index in [1.165, 1.54) is 6.08 Å². The minimum Gasteiger partial charge on any atom is -0.368 e. The highest BCUT2D eigenvalue weighted by atomic mass is 35.5. The van der Waals surface area contributed by atoms with Gasteiger partial charge in [-0.2, -0.15) is 0 Å². The molecule has 1 fully saturated rings. The zero-order chi connectivity index (χ0) is 22.2. The van der Waals surface area contributed by atoms with Crippen LogP contribution in [0.4, 0.5) is 11.4 Å². The van der Waals surface area contributed by atoms with E-state index in [-0.39, 0.29) is 16.9 Å². The van der Waals surface area contributed by atoms with Gasteiger partial charge in [-0.05, 0) is 60.3 Å². The van der Waals surface area contributed by atoms with Gasteiger partial charge in [0.15, 0.2) is 5.11 Å². The smallest absolute Gasteiger partial charge is 0.250 e. The molecule has 2 aromatic rings. The summed E-state index contributed by atoms with van der Waals surface area (Å²) in [5, 5.41) is 6.52. The molecule has 0 unspecified atom stereocenters. The van der Waals surface area contributed by atoms with Gasteiger partial charge in [0, 0.05) is 55.1 Å². The van der Waals surface area contributed by atoms with Crippen molar-refractivity contribution in [1.82, 2.24) is 10.2 Å².